The van der Waals surface area contributed by atoms with Crippen molar-refractivity contribution in [3.63, 3.8) is 0 Å². The van der Waals surface area contributed by atoms with Crippen LogP contribution >= 0.6 is 0 Å². The minimum atomic E-state index is 0.648. The van der Waals surface area contributed by atoms with Crippen LogP contribution in [0.2, 0.25) is 0 Å². The van der Waals surface area contributed by atoms with Gasteiger partial charge in [-0.3, -0.25) is 0 Å². The molecule has 3 aromatic rings. The lowest BCUT2D eigenvalue weighted by Gasteiger charge is -2.08. The van der Waals surface area contributed by atoms with E-state index in [4.69, 9.17) is 4.74 Å². The second-order valence-corrected chi connectivity index (χ2v) is 5.12. The summed E-state index contributed by atoms with van der Waals surface area (Å²) in [4.78, 5) is 0. The van der Waals surface area contributed by atoms with Crippen LogP contribution in [0.1, 0.15) is 16.7 Å². The normalized spacial score (nSPS) is 10.8. The summed E-state index contributed by atoms with van der Waals surface area (Å²) in [7, 11) is 0. The minimum absolute atomic E-state index is 0.648. The Balaban J connectivity index is 1.69. The number of hydrogen-bond donors (Lipinski definition) is 0. The lowest BCUT2D eigenvalue weighted by atomic mass is 10.1. The van der Waals surface area contributed by atoms with Crippen LogP contribution in [-0.2, 0) is 18.0 Å². The molecule has 100 valence electrons. The average molecular weight is 262 g/mol. The molecule has 0 aliphatic carbocycles. The van der Waals surface area contributed by atoms with Crippen molar-refractivity contribution >= 4 is 10.8 Å². The van der Waals surface area contributed by atoms with Gasteiger partial charge in [0.15, 0.2) is 0 Å². The molecular formula is C19H18O. The third-order valence-electron chi connectivity index (χ3n) is 3.53. The fourth-order valence-electron chi connectivity index (χ4n) is 2.38. The lowest BCUT2D eigenvalue weighted by Crippen LogP contribution is -1.95. The highest BCUT2D eigenvalue weighted by Crippen LogP contribution is 2.19. The first-order valence-corrected chi connectivity index (χ1v) is 6.93. The average Bonchev–Trinajstić information content (AvgIpc) is 2.49. The zero-order valence-corrected chi connectivity index (χ0v) is 11.7. The summed E-state index contributed by atoms with van der Waals surface area (Å²) in [5.74, 6) is 0. The molecule has 20 heavy (non-hydrogen) atoms. The van der Waals surface area contributed by atoms with E-state index >= 15 is 0 Å². The molecule has 0 amide bonds. The molecule has 0 bridgehead atoms. The van der Waals surface area contributed by atoms with Gasteiger partial charge in [0.1, 0.15) is 0 Å². The summed E-state index contributed by atoms with van der Waals surface area (Å²) in [6.45, 7) is 3.40. The van der Waals surface area contributed by atoms with E-state index in [0.717, 1.165) is 0 Å². The van der Waals surface area contributed by atoms with E-state index in [2.05, 4.69) is 73.7 Å². The van der Waals surface area contributed by atoms with Gasteiger partial charge in [-0.25, -0.2) is 0 Å². The Hall–Kier alpha value is -2.12. The van der Waals surface area contributed by atoms with Crippen molar-refractivity contribution in [1.82, 2.24) is 0 Å². The van der Waals surface area contributed by atoms with Crippen molar-refractivity contribution in [3.05, 3.63) is 83.4 Å². The van der Waals surface area contributed by atoms with Crippen LogP contribution in [0, 0.1) is 6.92 Å². The first kappa shape index (κ1) is 12.9. The Morgan fingerprint density at radius 3 is 2.35 bits per heavy atom. The molecule has 0 unspecified atom stereocenters. The number of aryl methyl sites for hydroxylation is 1. The fraction of sp³-hybridized carbons (Fsp3) is 0.158. The topological polar surface area (TPSA) is 9.23 Å². The molecule has 0 heterocycles. The van der Waals surface area contributed by atoms with Crippen LogP contribution < -0.4 is 0 Å². The quantitative estimate of drug-likeness (QED) is 0.652. The van der Waals surface area contributed by atoms with Crippen molar-refractivity contribution in [2.45, 2.75) is 20.1 Å². The molecule has 1 nitrogen and oxygen atoms in total. The number of fused-ring (bicyclic) bond motifs is 1. The molecule has 0 radical (unpaired) electrons. The van der Waals surface area contributed by atoms with Crippen molar-refractivity contribution in [2.75, 3.05) is 0 Å². The van der Waals surface area contributed by atoms with Crippen LogP contribution in [-0.4, -0.2) is 0 Å². The molecule has 0 aliphatic rings. The van der Waals surface area contributed by atoms with E-state index in [1.807, 2.05) is 0 Å². The maximum Gasteiger partial charge on any atom is 0.0727 e. The van der Waals surface area contributed by atoms with Gasteiger partial charge in [0.05, 0.1) is 13.2 Å². The van der Waals surface area contributed by atoms with Crippen molar-refractivity contribution in [2.24, 2.45) is 0 Å². The third-order valence-corrected chi connectivity index (χ3v) is 3.53. The van der Waals surface area contributed by atoms with Gasteiger partial charge in [-0.1, -0.05) is 72.3 Å². The van der Waals surface area contributed by atoms with Crippen LogP contribution in [0.3, 0.4) is 0 Å². The number of hydrogen-bond acceptors (Lipinski definition) is 1. The van der Waals surface area contributed by atoms with Crippen LogP contribution in [0.25, 0.3) is 10.8 Å². The first-order valence-electron chi connectivity index (χ1n) is 6.93. The largest absolute Gasteiger partial charge is 0.372 e. The predicted molar refractivity (Wildman–Crippen MR) is 83.6 cm³/mol. The SMILES string of the molecule is Cc1ccc(COCc2cccc3ccccc23)cc1. The molecule has 0 aliphatic heterocycles. The van der Waals surface area contributed by atoms with Crippen LogP contribution in [0.4, 0.5) is 0 Å². The molecular weight excluding hydrogens is 244 g/mol. The van der Waals surface area contributed by atoms with E-state index in [1.54, 1.807) is 0 Å². The molecule has 0 atom stereocenters. The standard InChI is InChI=1S/C19H18O/c1-15-9-11-16(12-10-15)13-20-14-18-7-4-6-17-5-2-3-8-19(17)18/h2-12H,13-14H2,1H3. The van der Waals surface area contributed by atoms with E-state index in [9.17, 15) is 0 Å². The summed E-state index contributed by atoms with van der Waals surface area (Å²) < 4.78 is 5.85. The smallest absolute Gasteiger partial charge is 0.0727 e. The molecule has 0 saturated heterocycles. The fourth-order valence-corrected chi connectivity index (χ4v) is 2.38. The highest BCUT2D eigenvalue weighted by atomic mass is 16.5. The third kappa shape index (κ3) is 2.89. The second-order valence-electron chi connectivity index (χ2n) is 5.12. The van der Waals surface area contributed by atoms with Gasteiger partial charge in [-0.15, -0.1) is 0 Å². The Morgan fingerprint density at radius 1 is 0.750 bits per heavy atom. The van der Waals surface area contributed by atoms with Gasteiger partial charge < -0.3 is 4.74 Å². The number of benzene rings is 3. The van der Waals surface area contributed by atoms with Gasteiger partial charge in [0.2, 0.25) is 0 Å². The summed E-state index contributed by atoms with van der Waals surface area (Å²) >= 11 is 0. The first-order chi connectivity index (χ1) is 9.83. The van der Waals surface area contributed by atoms with E-state index in [0.29, 0.717) is 13.2 Å². The summed E-state index contributed by atoms with van der Waals surface area (Å²) in [6, 6.07) is 23.3. The molecule has 0 aromatic heterocycles. The Labute approximate surface area is 119 Å². The highest BCUT2D eigenvalue weighted by Gasteiger charge is 2.00. The van der Waals surface area contributed by atoms with Gasteiger partial charge in [0, 0.05) is 0 Å². The Morgan fingerprint density at radius 2 is 1.50 bits per heavy atom. The Kier molecular flexibility index (Phi) is 3.80. The van der Waals surface area contributed by atoms with Gasteiger partial charge in [0.25, 0.3) is 0 Å². The van der Waals surface area contributed by atoms with Crippen molar-refractivity contribution < 1.29 is 4.74 Å². The minimum Gasteiger partial charge on any atom is -0.372 e. The lowest BCUT2D eigenvalue weighted by molar-refractivity contribution is 0.108. The van der Waals surface area contributed by atoms with Crippen LogP contribution in [0.5, 0.6) is 0 Å². The monoisotopic (exact) mass is 262 g/mol. The summed E-state index contributed by atoms with van der Waals surface area (Å²) in [6.07, 6.45) is 0. The molecule has 0 N–H and O–H groups in total. The molecule has 0 spiro atoms. The zero-order valence-electron chi connectivity index (χ0n) is 11.7. The molecule has 0 fully saturated rings. The van der Waals surface area contributed by atoms with Gasteiger partial charge >= 0.3 is 0 Å². The molecule has 0 saturated carbocycles. The van der Waals surface area contributed by atoms with E-state index < -0.39 is 0 Å². The molecule has 1 heteroatoms. The molecule has 3 aromatic carbocycles. The maximum absolute atomic E-state index is 5.85. The van der Waals surface area contributed by atoms with Gasteiger partial charge in [-0.2, -0.15) is 0 Å². The zero-order chi connectivity index (χ0) is 13.8. The van der Waals surface area contributed by atoms with Gasteiger partial charge in [-0.05, 0) is 28.8 Å². The summed E-state index contributed by atoms with van der Waals surface area (Å²) in [5.41, 5.74) is 3.74. The Bertz CT molecular complexity index is 693. The highest BCUT2D eigenvalue weighted by molar-refractivity contribution is 5.85. The predicted octanol–water partition coefficient (Wildman–Crippen LogP) is 4.87. The maximum atomic E-state index is 5.85. The van der Waals surface area contributed by atoms with Crippen molar-refractivity contribution in [3.8, 4) is 0 Å². The number of rotatable bonds is 4. The second kappa shape index (κ2) is 5.89. The summed E-state index contributed by atoms with van der Waals surface area (Å²) in [5, 5.41) is 2.54. The van der Waals surface area contributed by atoms with E-state index in [1.165, 1.54) is 27.5 Å². The van der Waals surface area contributed by atoms with E-state index in [-0.39, 0.29) is 0 Å². The number of ether oxygens (including phenoxy) is 1. The molecule has 3 rings (SSSR count). The van der Waals surface area contributed by atoms with Crippen molar-refractivity contribution in [1.29, 1.82) is 0 Å². The van der Waals surface area contributed by atoms with Crippen LogP contribution in [0.15, 0.2) is 66.7 Å².